The number of para-hydroxylation sites is 1. The van der Waals surface area contributed by atoms with Crippen molar-refractivity contribution < 1.29 is 19.1 Å². The van der Waals surface area contributed by atoms with Gasteiger partial charge in [-0.05, 0) is 69.5 Å². The Balaban J connectivity index is 1.55. The van der Waals surface area contributed by atoms with Crippen molar-refractivity contribution in [2.75, 3.05) is 4.90 Å². The molecule has 0 saturated carbocycles. The second-order valence-electron chi connectivity index (χ2n) is 6.90. The molecule has 0 unspecified atom stereocenters. The molecule has 1 aliphatic heterocycles. The summed E-state index contributed by atoms with van der Waals surface area (Å²) < 4.78 is 7.52. The van der Waals surface area contributed by atoms with Gasteiger partial charge in [-0.3, -0.25) is 14.9 Å². The molecule has 0 aromatic heterocycles. The molecule has 1 fully saturated rings. The van der Waals surface area contributed by atoms with Gasteiger partial charge in [0.05, 0.1) is 10.2 Å². The van der Waals surface area contributed by atoms with Gasteiger partial charge in [0, 0.05) is 4.47 Å². The third-order valence-corrected chi connectivity index (χ3v) is 5.84. The molecule has 3 aromatic rings. The highest BCUT2D eigenvalue weighted by Crippen LogP contribution is 2.29. The summed E-state index contributed by atoms with van der Waals surface area (Å²) >= 11 is 6.88. The molecule has 0 spiro atoms. The molecule has 8 heteroatoms. The van der Waals surface area contributed by atoms with Crippen LogP contribution in [0.4, 0.5) is 10.5 Å². The number of rotatable bonds is 5. The predicted octanol–water partition coefficient (Wildman–Crippen LogP) is 5.46. The smallest absolute Gasteiger partial charge is 0.335 e. The average molecular weight is 556 g/mol. The second-order valence-corrected chi connectivity index (χ2v) is 8.67. The molecule has 0 aliphatic carbocycles. The molecule has 0 bridgehead atoms. The van der Waals surface area contributed by atoms with Gasteiger partial charge < -0.3 is 4.74 Å². The van der Waals surface area contributed by atoms with Crippen LogP contribution in [0.5, 0.6) is 5.75 Å². The quantitative estimate of drug-likeness (QED) is 0.335. The van der Waals surface area contributed by atoms with E-state index in [9.17, 15) is 14.4 Å². The van der Waals surface area contributed by atoms with E-state index >= 15 is 0 Å². The monoisotopic (exact) mass is 554 g/mol. The third kappa shape index (κ3) is 4.81. The minimum absolute atomic E-state index is 0.135. The van der Waals surface area contributed by atoms with Crippen molar-refractivity contribution >= 4 is 61.5 Å². The number of imide groups is 2. The summed E-state index contributed by atoms with van der Waals surface area (Å²) in [6.07, 6.45) is 1.45. The maximum atomic E-state index is 12.9. The average Bonchev–Trinajstić information content (AvgIpc) is 2.78. The van der Waals surface area contributed by atoms with Crippen LogP contribution in [0, 0.1) is 0 Å². The van der Waals surface area contributed by atoms with Crippen molar-refractivity contribution in [1.29, 1.82) is 0 Å². The molecule has 0 radical (unpaired) electrons. The number of hydrogen-bond donors (Lipinski definition) is 1. The zero-order valence-electron chi connectivity index (χ0n) is 16.5. The highest BCUT2D eigenvalue weighted by atomic mass is 79.9. The largest absolute Gasteiger partial charge is 0.488 e. The lowest BCUT2D eigenvalue weighted by molar-refractivity contribution is -0.122. The topological polar surface area (TPSA) is 75.7 Å². The van der Waals surface area contributed by atoms with Crippen LogP contribution in [0.3, 0.4) is 0 Å². The van der Waals surface area contributed by atoms with Gasteiger partial charge in [0.25, 0.3) is 11.8 Å². The fourth-order valence-electron chi connectivity index (χ4n) is 3.10. The zero-order chi connectivity index (χ0) is 22.7. The normalized spacial score (nSPS) is 15.1. The van der Waals surface area contributed by atoms with Crippen molar-refractivity contribution in [2.24, 2.45) is 0 Å². The Kier molecular flexibility index (Phi) is 6.53. The van der Waals surface area contributed by atoms with Crippen molar-refractivity contribution in [1.82, 2.24) is 5.32 Å². The van der Waals surface area contributed by atoms with Crippen LogP contribution in [0.1, 0.15) is 11.1 Å². The van der Waals surface area contributed by atoms with E-state index in [1.807, 2.05) is 24.3 Å². The van der Waals surface area contributed by atoms with Crippen LogP contribution in [0.2, 0.25) is 0 Å². The number of halogens is 2. The Morgan fingerprint density at radius 3 is 2.31 bits per heavy atom. The SMILES string of the molecule is O=C1NC(=O)N(c2ccccc2)C(=O)C1=Cc1ccc(OCc2ccc(Br)cc2)c(Br)c1. The molecule has 1 heterocycles. The maximum absolute atomic E-state index is 12.9. The first-order chi connectivity index (χ1) is 15.4. The number of nitrogens with one attached hydrogen (secondary N) is 1. The summed E-state index contributed by atoms with van der Waals surface area (Å²) in [7, 11) is 0. The Hall–Kier alpha value is -3.23. The summed E-state index contributed by atoms with van der Waals surface area (Å²) in [5.41, 5.74) is 1.87. The van der Waals surface area contributed by atoms with Crippen LogP contribution in [0.25, 0.3) is 6.08 Å². The molecule has 1 saturated heterocycles. The van der Waals surface area contributed by atoms with Crippen molar-refractivity contribution in [3.63, 3.8) is 0 Å². The first-order valence-electron chi connectivity index (χ1n) is 9.55. The molecule has 3 aromatic carbocycles. The summed E-state index contributed by atoms with van der Waals surface area (Å²) in [5, 5.41) is 2.22. The summed E-state index contributed by atoms with van der Waals surface area (Å²) in [6.45, 7) is 0.390. The number of hydrogen-bond acceptors (Lipinski definition) is 4. The Labute approximate surface area is 201 Å². The Morgan fingerprint density at radius 1 is 0.906 bits per heavy atom. The van der Waals surface area contributed by atoms with E-state index in [2.05, 4.69) is 37.2 Å². The van der Waals surface area contributed by atoms with Gasteiger partial charge >= 0.3 is 6.03 Å². The number of nitrogens with zero attached hydrogens (tertiary/aromatic N) is 1. The van der Waals surface area contributed by atoms with Gasteiger partial charge in [-0.15, -0.1) is 0 Å². The summed E-state index contributed by atoms with van der Waals surface area (Å²) in [6, 6.07) is 20.7. The molecule has 32 heavy (non-hydrogen) atoms. The first-order valence-corrected chi connectivity index (χ1v) is 11.1. The molecule has 6 nitrogen and oxygen atoms in total. The number of amides is 4. The Bertz CT molecular complexity index is 1220. The van der Waals surface area contributed by atoms with E-state index in [-0.39, 0.29) is 5.57 Å². The molecule has 1 N–H and O–H groups in total. The minimum Gasteiger partial charge on any atom is -0.488 e. The summed E-state index contributed by atoms with van der Waals surface area (Å²) in [4.78, 5) is 38.4. The molecule has 160 valence electrons. The van der Waals surface area contributed by atoms with Crippen molar-refractivity contribution in [3.05, 3.63) is 98.4 Å². The van der Waals surface area contributed by atoms with Gasteiger partial charge in [-0.2, -0.15) is 0 Å². The minimum atomic E-state index is -0.777. The highest BCUT2D eigenvalue weighted by Gasteiger charge is 2.36. The van der Waals surface area contributed by atoms with Crippen molar-refractivity contribution in [3.8, 4) is 5.75 Å². The van der Waals surface area contributed by atoms with Gasteiger partial charge in [0.1, 0.15) is 17.9 Å². The van der Waals surface area contributed by atoms with E-state index in [0.717, 1.165) is 14.9 Å². The third-order valence-electron chi connectivity index (χ3n) is 4.69. The van der Waals surface area contributed by atoms with Crippen LogP contribution in [0.15, 0.2) is 87.3 Å². The highest BCUT2D eigenvalue weighted by molar-refractivity contribution is 9.10. The summed E-state index contributed by atoms with van der Waals surface area (Å²) in [5.74, 6) is -0.800. The number of carbonyl (C=O) groups is 3. The van der Waals surface area contributed by atoms with E-state index in [1.54, 1.807) is 48.5 Å². The van der Waals surface area contributed by atoms with Gasteiger partial charge in [-0.1, -0.05) is 52.3 Å². The number of ether oxygens (including phenoxy) is 1. The molecule has 0 atom stereocenters. The molecule has 4 rings (SSSR count). The lowest BCUT2D eigenvalue weighted by atomic mass is 10.1. The van der Waals surface area contributed by atoms with Gasteiger partial charge in [0.15, 0.2) is 0 Å². The molecule has 4 amide bonds. The molecular formula is C24H16Br2N2O4. The van der Waals surface area contributed by atoms with E-state index in [1.165, 1.54) is 6.08 Å². The van der Waals surface area contributed by atoms with Crippen LogP contribution in [-0.2, 0) is 16.2 Å². The number of urea groups is 1. The predicted molar refractivity (Wildman–Crippen MR) is 128 cm³/mol. The van der Waals surface area contributed by atoms with E-state index < -0.39 is 17.8 Å². The second kappa shape index (κ2) is 9.50. The number of anilines is 1. The van der Waals surface area contributed by atoms with E-state index in [4.69, 9.17) is 4.74 Å². The first kappa shape index (κ1) is 22.0. The maximum Gasteiger partial charge on any atom is 0.335 e. The standard InChI is InChI=1S/C24H16Br2N2O4/c25-17-9-6-15(7-10-17)14-32-21-11-8-16(13-20(21)26)12-19-22(29)27-24(31)28(23(19)30)18-4-2-1-3-5-18/h1-13H,14H2,(H,27,29,31). The van der Waals surface area contributed by atoms with E-state index in [0.29, 0.717) is 28.1 Å². The van der Waals surface area contributed by atoms with Crippen LogP contribution in [-0.4, -0.2) is 17.8 Å². The van der Waals surface area contributed by atoms with Crippen molar-refractivity contribution in [2.45, 2.75) is 6.61 Å². The van der Waals surface area contributed by atoms with Crippen LogP contribution >= 0.6 is 31.9 Å². The van der Waals surface area contributed by atoms with Gasteiger partial charge in [0.2, 0.25) is 0 Å². The van der Waals surface area contributed by atoms with Gasteiger partial charge in [-0.25, -0.2) is 9.69 Å². The van der Waals surface area contributed by atoms with Crippen LogP contribution < -0.4 is 15.0 Å². The number of barbiturate groups is 1. The Morgan fingerprint density at radius 2 is 1.62 bits per heavy atom. The number of carbonyl (C=O) groups excluding carboxylic acids is 3. The lowest BCUT2D eigenvalue weighted by Crippen LogP contribution is -2.54. The molecule has 1 aliphatic rings. The lowest BCUT2D eigenvalue weighted by Gasteiger charge is -2.26. The fourth-order valence-corrected chi connectivity index (χ4v) is 3.88. The fraction of sp³-hybridized carbons (Fsp3) is 0.0417. The molecular weight excluding hydrogens is 540 g/mol. The zero-order valence-corrected chi connectivity index (χ0v) is 19.7. The number of benzene rings is 3.